The van der Waals surface area contributed by atoms with Crippen molar-refractivity contribution in [1.82, 2.24) is 10.2 Å². The number of ether oxygens (including phenoxy) is 1. The lowest BCUT2D eigenvalue weighted by Crippen LogP contribution is -2.05. The SMILES string of the molecule is CC1Cc2cc(Cl)cc(-c3cc(C(=O)O)[nH]n3)c2O1. The molecule has 1 atom stereocenters. The summed E-state index contributed by atoms with van der Waals surface area (Å²) < 4.78 is 5.76. The van der Waals surface area contributed by atoms with E-state index < -0.39 is 5.97 Å². The predicted molar refractivity (Wildman–Crippen MR) is 69.8 cm³/mol. The summed E-state index contributed by atoms with van der Waals surface area (Å²) in [5, 5.41) is 16.0. The molecule has 0 amide bonds. The first-order chi connectivity index (χ1) is 9.04. The highest BCUT2D eigenvalue weighted by Gasteiger charge is 2.25. The molecule has 5 nitrogen and oxygen atoms in total. The van der Waals surface area contributed by atoms with Gasteiger partial charge < -0.3 is 9.84 Å². The predicted octanol–water partition coefficient (Wildman–Crippen LogP) is 2.75. The van der Waals surface area contributed by atoms with Crippen molar-refractivity contribution in [3.8, 4) is 17.0 Å². The third kappa shape index (κ3) is 2.06. The zero-order chi connectivity index (χ0) is 13.6. The number of carboxylic acids is 1. The third-order valence-electron chi connectivity index (χ3n) is 3.04. The van der Waals surface area contributed by atoms with E-state index in [4.69, 9.17) is 21.4 Å². The third-order valence-corrected chi connectivity index (χ3v) is 3.26. The Morgan fingerprint density at radius 2 is 2.32 bits per heavy atom. The number of halogens is 1. The Labute approximate surface area is 114 Å². The minimum absolute atomic E-state index is 0.0368. The van der Waals surface area contributed by atoms with Gasteiger partial charge in [0.25, 0.3) is 0 Å². The Hall–Kier alpha value is -2.01. The average Bonchev–Trinajstić information content (AvgIpc) is 2.93. The van der Waals surface area contributed by atoms with Crippen molar-refractivity contribution in [2.24, 2.45) is 0 Å². The van der Waals surface area contributed by atoms with E-state index in [-0.39, 0.29) is 11.8 Å². The van der Waals surface area contributed by atoms with Crippen molar-refractivity contribution in [2.75, 3.05) is 0 Å². The first-order valence-corrected chi connectivity index (χ1v) is 6.20. The average molecular weight is 279 g/mol. The van der Waals surface area contributed by atoms with E-state index in [2.05, 4.69) is 10.2 Å². The molecule has 0 saturated heterocycles. The van der Waals surface area contributed by atoms with E-state index in [9.17, 15) is 4.79 Å². The number of aromatic amines is 1. The van der Waals surface area contributed by atoms with Gasteiger partial charge >= 0.3 is 5.97 Å². The second kappa shape index (κ2) is 4.28. The Balaban J connectivity index is 2.12. The number of hydrogen-bond donors (Lipinski definition) is 2. The number of benzene rings is 1. The van der Waals surface area contributed by atoms with Crippen LogP contribution in [0.5, 0.6) is 5.75 Å². The maximum atomic E-state index is 10.9. The van der Waals surface area contributed by atoms with Gasteiger partial charge in [-0.15, -0.1) is 0 Å². The van der Waals surface area contributed by atoms with E-state index in [1.165, 1.54) is 6.07 Å². The minimum atomic E-state index is -1.05. The largest absolute Gasteiger partial charge is 0.489 e. The van der Waals surface area contributed by atoms with Gasteiger partial charge in [-0.2, -0.15) is 5.10 Å². The zero-order valence-corrected chi connectivity index (χ0v) is 10.9. The van der Waals surface area contributed by atoms with Gasteiger partial charge in [-0.3, -0.25) is 5.10 Å². The van der Waals surface area contributed by atoms with Crippen LogP contribution in [-0.4, -0.2) is 27.4 Å². The van der Waals surface area contributed by atoms with Gasteiger partial charge in [0.15, 0.2) is 0 Å². The van der Waals surface area contributed by atoms with E-state index in [0.717, 1.165) is 23.3 Å². The lowest BCUT2D eigenvalue weighted by molar-refractivity contribution is 0.0690. The monoisotopic (exact) mass is 278 g/mol. The molecule has 6 heteroatoms. The number of fused-ring (bicyclic) bond motifs is 1. The molecule has 19 heavy (non-hydrogen) atoms. The Kier molecular flexibility index (Phi) is 2.71. The quantitative estimate of drug-likeness (QED) is 0.886. The fourth-order valence-electron chi connectivity index (χ4n) is 2.25. The fraction of sp³-hybridized carbons (Fsp3) is 0.231. The number of aromatic nitrogens is 2. The van der Waals surface area contributed by atoms with Gasteiger partial charge in [-0.05, 0) is 30.7 Å². The van der Waals surface area contributed by atoms with Crippen LogP contribution in [0.15, 0.2) is 18.2 Å². The van der Waals surface area contributed by atoms with E-state index in [1.807, 2.05) is 13.0 Å². The maximum Gasteiger partial charge on any atom is 0.353 e. The van der Waals surface area contributed by atoms with Crippen molar-refractivity contribution in [1.29, 1.82) is 0 Å². The standard InChI is InChI=1S/C13H11ClN2O3/c1-6-2-7-3-8(14)4-9(12(7)19-6)10-5-11(13(17)18)16-15-10/h3-6H,2H2,1H3,(H,15,16)(H,17,18). The van der Waals surface area contributed by atoms with Crippen LogP contribution in [0.4, 0.5) is 0 Å². The number of hydrogen-bond acceptors (Lipinski definition) is 3. The van der Waals surface area contributed by atoms with Crippen LogP contribution < -0.4 is 4.74 Å². The summed E-state index contributed by atoms with van der Waals surface area (Å²) >= 11 is 6.09. The highest BCUT2D eigenvalue weighted by molar-refractivity contribution is 6.31. The van der Waals surface area contributed by atoms with Gasteiger partial charge in [0, 0.05) is 17.0 Å². The summed E-state index contributed by atoms with van der Waals surface area (Å²) in [7, 11) is 0. The van der Waals surface area contributed by atoms with Crippen LogP contribution in [0.3, 0.4) is 0 Å². The molecule has 1 aliphatic heterocycles. The highest BCUT2D eigenvalue weighted by atomic mass is 35.5. The lowest BCUT2D eigenvalue weighted by atomic mass is 10.0. The van der Waals surface area contributed by atoms with Gasteiger partial charge in [0.2, 0.25) is 0 Å². The number of carboxylic acid groups (broad SMARTS) is 1. The highest BCUT2D eigenvalue weighted by Crippen LogP contribution is 2.40. The van der Waals surface area contributed by atoms with Crippen LogP contribution in [0.25, 0.3) is 11.3 Å². The molecule has 2 N–H and O–H groups in total. The topological polar surface area (TPSA) is 75.2 Å². The van der Waals surface area contributed by atoms with Crippen molar-refractivity contribution < 1.29 is 14.6 Å². The summed E-state index contributed by atoms with van der Waals surface area (Å²) in [6, 6.07) is 5.08. The number of aromatic carboxylic acids is 1. The summed E-state index contributed by atoms with van der Waals surface area (Å²) in [4.78, 5) is 10.9. The summed E-state index contributed by atoms with van der Waals surface area (Å²) in [5.74, 6) is -0.313. The molecule has 3 rings (SSSR count). The number of H-pyrrole nitrogens is 1. The van der Waals surface area contributed by atoms with Gasteiger partial charge in [-0.1, -0.05) is 11.6 Å². The van der Waals surface area contributed by atoms with Crippen molar-refractivity contribution >= 4 is 17.6 Å². The molecule has 0 aliphatic carbocycles. The van der Waals surface area contributed by atoms with Crippen molar-refractivity contribution in [3.05, 3.63) is 34.5 Å². The Morgan fingerprint density at radius 1 is 1.53 bits per heavy atom. The van der Waals surface area contributed by atoms with Crippen LogP contribution >= 0.6 is 11.6 Å². The Bertz CT molecular complexity index is 666. The molecule has 1 aromatic heterocycles. The first kappa shape index (κ1) is 12.0. The molecule has 2 heterocycles. The molecule has 98 valence electrons. The second-order valence-electron chi connectivity index (χ2n) is 4.55. The summed E-state index contributed by atoms with van der Waals surface area (Å²) in [6.07, 6.45) is 0.879. The first-order valence-electron chi connectivity index (χ1n) is 5.82. The molecule has 1 aromatic carbocycles. The number of nitrogens with zero attached hydrogens (tertiary/aromatic N) is 1. The zero-order valence-electron chi connectivity index (χ0n) is 10.1. The van der Waals surface area contributed by atoms with Gasteiger partial charge in [-0.25, -0.2) is 4.79 Å². The smallest absolute Gasteiger partial charge is 0.353 e. The molecular weight excluding hydrogens is 268 g/mol. The van der Waals surface area contributed by atoms with E-state index >= 15 is 0 Å². The summed E-state index contributed by atoms with van der Waals surface area (Å²) in [5.41, 5.74) is 2.30. The number of carbonyl (C=O) groups is 1. The van der Waals surface area contributed by atoms with Crippen molar-refractivity contribution in [3.63, 3.8) is 0 Å². The molecule has 0 bridgehead atoms. The van der Waals surface area contributed by atoms with E-state index in [1.54, 1.807) is 6.07 Å². The minimum Gasteiger partial charge on any atom is -0.489 e. The van der Waals surface area contributed by atoms with Crippen LogP contribution in [0, 0.1) is 0 Å². The maximum absolute atomic E-state index is 10.9. The van der Waals surface area contributed by atoms with Gasteiger partial charge in [0.1, 0.15) is 17.5 Å². The summed E-state index contributed by atoms with van der Waals surface area (Å²) in [6.45, 7) is 1.98. The molecule has 0 spiro atoms. The molecular formula is C13H11ClN2O3. The molecule has 0 fully saturated rings. The normalized spacial score (nSPS) is 17.1. The Morgan fingerprint density at radius 3 is 3.00 bits per heavy atom. The molecule has 0 saturated carbocycles. The second-order valence-corrected chi connectivity index (χ2v) is 4.98. The molecule has 1 aliphatic rings. The molecule has 0 radical (unpaired) electrons. The lowest BCUT2D eigenvalue weighted by Gasteiger charge is -2.07. The molecule has 1 unspecified atom stereocenters. The molecule has 2 aromatic rings. The van der Waals surface area contributed by atoms with Gasteiger partial charge in [0.05, 0.1) is 5.69 Å². The van der Waals surface area contributed by atoms with Crippen LogP contribution in [0.1, 0.15) is 23.0 Å². The van der Waals surface area contributed by atoms with Crippen LogP contribution in [0.2, 0.25) is 5.02 Å². The number of nitrogens with one attached hydrogen (secondary N) is 1. The fourth-order valence-corrected chi connectivity index (χ4v) is 2.49. The van der Waals surface area contributed by atoms with E-state index in [0.29, 0.717) is 10.7 Å². The van der Waals surface area contributed by atoms with Crippen molar-refractivity contribution in [2.45, 2.75) is 19.4 Å². The van der Waals surface area contributed by atoms with Crippen LogP contribution in [-0.2, 0) is 6.42 Å². The number of rotatable bonds is 2.